The number of pyridine rings is 1. The molecule has 0 fully saturated rings. The van der Waals surface area contributed by atoms with Crippen LogP contribution in [0.5, 0.6) is 0 Å². The molecule has 0 aromatic carbocycles. The first-order valence-electron chi connectivity index (χ1n) is 5.06. The van der Waals surface area contributed by atoms with Gasteiger partial charge in [-0.2, -0.15) is 0 Å². The maximum atomic E-state index is 12.0. The van der Waals surface area contributed by atoms with Crippen LogP contribution in [0.3, 0.4) is 0 Å². The zero-order valence-electron chi connectivity index (χ0n) is 8.82. The zero-order chi connectivity index (χ0) is 11.1. The standard InChI is InChI=1S/C11H15BrN2O/c1-2-8-14(9-6-12)11(15)10-5-3-4-7-13-10/h3-5,7H,2,6,8-9H2,1H3. The molecule has 1 rings (SSSR count). The third kappa shape index (κ3) is 3.63. The Morgan fingerprint density at radius 1 is 1.47 bits per heavy atom. The summed E-state index contributed by atoms with van der Waals surface area (Å²) in [5.41, 5.74) is 0.520. The molecule has 0 spiro atoms. The van der Waals surface area contributed by atoms with Crippen molar-refractivity contribution in [3.05, 3.63) is 30.1 Å². The summed E-state index contributed by atoms with van der Waals surface area (Å²) >= 11 is 3.35. The fourth-order valence-corrected chi connectivity index (χ4v) is 1.77. The highest BCUT2D eigenvalue weighted by molar-refractivity contribution is 9.09. The van der Waals surface area contributed by atoms with Crippen molar-refractivity contribution in [3.63, 3.8) is 0 Å². The smallest absolute Gasteiger partial charge is 0.272 e. The number of amides is 1. The van der Waals surface area contributed by atoms with E-state index in [0.717, 1.165) is 24.8 Å². The molecular formula is C11H15BrN2O. The van der Waals surface area contributed by atoms with Gasteiger partial charge in [-0.3, -0.25) is 9.78 Å². The Morgan fingerprint density at radius 3 is 2.80 bits per heavy atom. The third-order valence-corrected chi connectivity index (χ3v) is 2.37. The van der Waals surface area contributed by atoms with E-state index in [2.05, 4.69) is 27.8 Å². The summed E-state index contributed by atoms with van der Waals surface area (Å²) in [5.74, 6) is 0.0110. The molecule has 0 bridgehead atoms. The molecule has 0 radical (unpaired) electrons. The van der Waals surface area contributed by atoms with E-state index in [9.17, 15) is 4.79 Å². The molecule has 1 aromatic rings. The van der Waals surface area contributed by atoms with E-state index in [1.165, 1.54) is 0 Å². The lowest BCUT2D eigenvalue weighted by molar-refractivity contribution is 0.0760. The first-order chi connectivity index (χ1) is 7.29. The second kappa shape index (κ2) is 6.56. The largest absolute Gasteiger partial charge is 0.336 e. The lowest BCUT2D eigenvalue weighted by atomic mass is 10.3. The minimum Gasteiger partial charge on any atom is -0.336 e. The van der Waals surface area contributed by atoms with Crippen LogP contribution in [-0.4, -0.2) is 34.2 Å². The number of rotatable bonds is 5. The number of halogens is 1. The number of hydrogen-bond acceptors (Lipinski definition) is 2. The van der Waals surface area contributed by atoms with Crippen LogP contribution in [0.4, 0.5) is 0 Å². The quantitative estimate of drug-likeness (QED) is 0.770. The van der Waals surface area contributed by atoms with Gasteiger partial charge in [-0.25, -0.2) is 0 Å². The predicted molar refractivity (Wildman–Crippen MR) is 64.2 cm³/mol. The van der Waals surface area contributed by atoms with Gasteiger partial charge in [0.05, 0.1) is 0 Å². The van der Waals surface area contributed by atoms with E-state index < -0.39 is 0 Å². The van der Waals surface area contributed by atoms with Gasteiger partial charge in [-0.15, -0.1) is 0 Å². The fraction of sp³-hybridized carbons (Fsp3) is 0.455. The highest BCUT2D eigenvalue weighted by Gasteiger charge is 2.14. The summed E-state index contributed by atoms with van der Waals surface area (Å²) in [4.78, 5) is 17.8. The van der Waals surface area contributed by atoms with Crippen LogP contribution in [0.25, 0.3) is 0 Å². The van der Waals surface area contributed by atoms with Gasteiger partial charge in [-0.1, -0.05) is 28.9 Å². The molecule has 0 saturated carbocycles. The zero-order valence-corrected chi connectivity index (χ0v) is 10.4. The fourth-order valence-electron chi connectivity index (χ4n) is 1.34. The molecule has 0 aliphatic rings. The van der Waals surface area contributed by atoms with E-state index in [-0.39, 0.29) is 5.91 Å². The number of aromatic nitrogens is 1. The van der Waals surface area contributed by atoms with Gasteiger partial charge in [-0.05, 0) is 18.6 Å². The summed E-state index contributed by atoms with van der Waals surface area (Å²) < 4.78 is 0. The van der Waals surface area contributed by atoms with E-state index in [1.807, 2.05) is 17.0 Å². The van der Waals surface area contributed by atoms with E-state index >= 15 is 0 Å². The molecule has 4 heteroatoms. The van der Waals surface area contributed by atoms with Crippen LogP contribution in [0, 0.1) is 0 Å². The monoisotopic (exact) mass is 270 g/mol. The summed E-state index contributed by atoms with van der Waals surface area (Å²) in [6.45, 7) is 3.57. The van der Waals surface area contributed by atoms with Crippen LogP contribution in [0.2, 0.25) is 0 Å². The molecule has 1 aromatic heterocycles. The number of carbonyl (C=O) groups is 1. The Bertz CT molecular complexity index is 297. The Labute approximate surface area is 98.6 Å². The summed E-state index contributed by atoms with van der Waals surface area (Å²) in [6, 6.07) is 5.39. The molecule has 1 heterocycles. The van der Waals surface area contributed by atoms with Crippen LogP contribution in [0.15, 0.2) is 24.4 Å². The van der Waals surface area contributed by atoms with Gasteiger partial charge in [0.25, 0.3) is 5.91 Å². The average molecular weight is 271 g/mol. The lowest BCUT2D eigenvalue weighted by Crippen LogP contribution is -2.33. The Kier molecular flexibility index (Phi) is 5.32. The highest BCUT2D eigenvalue weighted by Crippen LogP contribution is 2.03. The van der Waals surface area contributed by atoms with Gasteiger partial charge < -0.3 is 4.90 Å². The van der Waals surface area contributed by atoms with Crippen LogP contribution < -0.4 is 0 Å². The molecular weight excluding hydrogens is 256 g/mol. The maximum Gasteiger partial charge on any atom is 0.272 e. The van der Waals surface area contributed by atoms with E-state index in [0.29, 0.717) is 5.69 Å². The van der Waals surface area contributed by atoms with Crippen molar-refractivity contribution in [1.82, 2.24) is 9.88 Å². The van der Waals surface area contributed by atoms with Crippen molar-refractivity contribution in [3.8, 4) is 0 Å². The molecule has 15 heavy (non-hydrogen) atoms. The van der Waals surface area contributed by atoms with Crippen molar-refractivity contribution in [2.45, 2.75) is 13.3 Å². The number of carbonyl (C=O) groups excluding carboxylic acids is 1. The Morgan fingerprint density at radius 2 is 2.27 bits per heavy atom. The molecule has 0 aliphatic heterocycles. The minimum atomic E-state index is 0.0110. The molecule has 1 amide bonds. The van der Waals surface area contributed by atoms with Crippen molar-refractivity contribution in [2.75, 3.05) is 18.4 Å². The molecule has 0 atom stereocenters. The van der Waals surface area contributed by atoms with Crippen molar-refractivity contribution in [2.24, 2.45) is 0 Å². The van der Waals surface area contributed by atoms with Gasteiger partial charge in [0.15, 0.2) is 0 Å². The van der Waals surface area contributed by atoms with Crippen molar-refractivity contribution >= 4 is 21.8 Å². The maximum absolute atomic E-state index is 12.0. The summed E-state index contributed by atoms with van der Waals surface area (Å²) in [7, 11) is 0. The molecule has 3 nitrogen and oxygen atoms in total. The molecule has 0 saturated heterocycles. The van der Waals surface area contributed by atoms with Crippen LogP contribution >= 0.6 is 15.9 Å². The molecule has 82 valence electrons. The van der Waals surface area contributed by atoms with Gasteiger partial charge in [0.1, 0.15) is 5.69 Å². The highest BCUT2D eigenvalue weighted by atomic mass is 79.9. The molecule has 0 unspecified atom stereocenters. The van der Waals surface area contributed by atoms with Gasteiger partial charge in [0.2, 0.25) is 0 Å². The molecule has 0 aliphatic carbocycles. The SMILES string of the molecule is CCCN(CCBr)C(=O)c1ccccn1. The van der Waals surface area contributed by atoms with E-state index in [1.54, 1.807) is 12.3 Å². The third-order valence-electron chi connectivity index (χ3n) is 2.02. The minimum absolute atomic E-state index is 0.0110. The van der Waals surface area contributed by atoms with Crippen LogP contribution in [-0.2, 0) is 0 Å². The molecule has 0 N–H and O–H groups in total. The van der Waals surface area contributed by atoms with Crippen molar-refractivity contribution < 1.29 is 4.79 Å². The Balaban J connectivity index is 2.71. The van der Waals surface area contributed by atoms with Crippen LogP contribution in [0.1, 0.15) is 23.8 Å². The second-order valence-corrected chi connectivity index (χ2v) is 3.99. The predicted octanol–water partition coefficient (Wildman–Crippen LogP) is 2.33. The lowest BCUT2D eigenvalue weighted by Gasteiger charge is -2.20. The summed E-state index contributed by atoms with van der Waals surface area (Å²) in [6.07, 6.45) is 2.61. The first kappa shape index (κ1) is 12.2. The van der Waals surface area contributed by atoms with Crippen molar-refractivity contribution in [1.29, 1.82) is 0 Å². The normalized spacial score (nSPS) is 10.0. The Hall–Kier alpha value is -0.900. The van der Waals surface area contributed by atoms with E-state index in [4.69, 9.17) is 0 Å². The number of alkyl halides is 1. The number of hydrogen-bond donors (Lipinski definition) is 0. The topological polar surface area (TPSA) is 33.2 Å². The summed E-state index contributed by atoms with van der Waals surface area (Å²) in [5, 5.41) is 0.797. The average Bonchev–Trinajstić information content (AvgIpc) is 2.29. The first-order valence-corrected chi connectivity index (χ1v) is 6.18. The second-order valence-electron chi connectivity index (χ2n) is 3.20. The van der Waals surface area contributed by atoms with Gasteiger partial charge >= 0.3 is 0 Å². The van der Waals surface area contributed by atoms with Gasteiger partial charge in [0, 0.05) is 24.6 Å². The number of nitrogens with zero attached hydrogens (tertiary/aromatic N) is 2.